The minimum Gasteiger partial charge on any atom is -0.494 e. The van der Waals surface area contributed by atoms with Crippen molar-refractivity contribution in [1.29, 1.82) is 0 Å². The Morgan fingerprint density at radius 2 is 1.87 bits per heavy atom. The summed E-state index contributed by atoms with van der Waals surface area (Å²) < 4.78 is 7.16. The molecule has 3 aromatic rings. The van der Waals surface area contributed by atoms with Crippen LogP contribution in [0.3, 0.4) is 0 Å². The number of benzene rings is 1. The smallest absolute Gasteiger partial charge is 0.230 e. The Bertz CT molecular complexity index is 963. The van der Waals surface area contributed by atoms with Gasteiger partial charge < -0.3 is 14.9 Å². The number of aliphatic hydroxyl groups excluding tert-OH is 1. The fraction of sp³-hybridized carbons (Fsp3) is 0.524. The highest BCUT2D eigenvalue weighted by Crippen LogP contribution is 2.40. The van der Waals surface area contributed by atoms with Gasteiger partial charge in [-0.05, 0) is 24.6 Å². The molecule has 1 atom stereocenters. The van der Waals surface area contributed by atoms with E-state index in [2.05, 4.69) is 32.0 Å². The van der Waals surface area contributed by atoms with Crippen molar-refractivity contribution in [3.63, 3.8) is 0 Å². The summed E-state index contributed by atoms with van der Waals surface area (Å²) in [6.07, 6.45) is 0.734. The van der Waals surface area contributed by atoms with E-state index in [1.807, 2.05) is 26.0 Å². The first-order valence-electron chi connectivity index (χ1n) is 10.5. The van der Waals surface area contributed by atoms with Gasteiger partial charge in [0.1, 0.15) is 5.75 Å². The third-order valence-corrected chi connectivity index (χ3v) is 6.58. The number of hydrogen-bond acceptors (Lipinski definition) is 8. The van der Waals surface area contributed by atoms with Crippen molar-refractivity contribution in [2.75, 3.05) is 45.9 Å². The van der Waals surface area contributed by atoms with Gasteiger partial charge in [-0.25, -0.2) is 4.98 Å². The number of β-amino-alcohol motifs (C(OH)–C–C–N with tert-alkyl or cyclic N) is 1. The normalized spacial score (nSPS) is 16.9. The Morgan fingerprint density at radius 3 is 2.47 bits per heavy atom. The van der Waals surface area contributed by atoms with Crippen LogP contribution in [0.25, 0.3) is 4.96 Å². The highest BCUT2D eigenvalue weighted by Gasteiger charge is 2.31. The summed E-state index contributed by atoms with van der Waals surface area (Å²) in [5, 5.41) is 24.7. The number of fused-ring (bicyclic) bond motifs is 1. The Balaban J connectivity index is 1.68. The van der Waals surface area contributed by atoms with Crippen LogP contribution in [-0.2, 0) is 6.42 Å². The van der Waals surface area contributed by atoms with Crippen LogP contribution in [0.2, 0.25) is 0 Å². The van der Waals surface area contributed by atoms with Gasteiger partial charge in [-0.15, -0.1) is 5.10 Å². The van der Waals surface area contributed by atoms with Crippen molar-refractivity contribution in [1.82, 2.24) is 24.4 Å². The van der Waals surface area contributed by atoms with E-state index in [4.69, 9.17) is 4.74 Å². The van der Waals surface area contributed by atoms with Crippen LogP contribution in [0.4, 0.5) is 0 Å². The van der Waals surface area contributed by atoms with Gasteiger partial charge in [-0.1, -0.05) is 30.4 Å². The third-order valence-electron chi connectivity index (χ3n) is 5.50. The molecule has 8 nitrogen and oxygen atoms in total. The zero-order chi connectivity index (χ0) is 21.1. The molecule has 9 heteroatoms. The number of thiazole rings is 1. The van der Waals surface area contributed by atoms with E-state index in [0.29, 0.717) is 18.1 Å². The minimum atomic E-state index is -0.0875. The Hall–Kier alpha value is -2.20. The standard InChI is InChI=1S/C21H29N5O3S/c1-3-17-22-21-26(23-17)20(28)19(30-21)18(15-5-7-16(8-6-15)29-4-2)25-11-9-24(10-12-25)13-14-27/h5-8,18,27-28H,3-4,9-14H2,1-2H3/t18-/m1/s1. The lowest BCUT2D eigenvalue weighted by Gasteiger charge is -2.39. The lowest BCUT2D eigenvalue weighted by atomic mass is 10.0. The molecule has 30 heavy (non-hydrogen) atoms. The zero-order valence-electron chi connectivity index (χ0n) is 17.5. The van der Waals surface area contributed by atoms with E-state index < -0.39 is 0 Å². The molecular formula is C21H29N5O3S. The van der Waals surface area contributed by atoms with Gasteiger partial charge in [-0.2, -0.15) is 4.52 Å². The number of nitrogens with zero attached hydrogens (tertiary/aromatic N) is 5. The molecule has 2 aromatic heterocycles. The topological polar surface area (TPSA) is 86.4 Å². The molecule has 4 rings (SSSR count). The number of aromatic hydroxyl groups is 1. The van der Waals surface area contributed by atoms with Crippen LogP contribution in [0.1, 0.15) is 36.2 Å². The average Bonchev–Trinajstić information content (AvgIpc) is 3.30. The predicted octanol–water partition coefficient (Wildman–Crippen LogP) is 2.16. The second kappa shape index (κ2) is 9.30. The molecular weight excluding hydrogens is 402 g/mol. The molecule has 162 valence electrons. The lowest BCUT2D eigenvalue weighted by molar-refractivity contribution is 0.0945. The molecule has 0 bridgehead atoms. The largest absolute Gasteiger partial charge is 0.494 e. The second-order valence-electron chi connectivity index (χ2n) is 7.37. The van der Waals surface area contributed by atoms with Crippen LogP contribution in [-0.4, -0.2) is 80.5 Å². The van der Waals surface area contributed by atoms with Gasteiger partial charge in [0.05, 0.1) is 24.1 Å². The number of aliphatic hydroxyl groups is 1. The van der Waals surface area contributed by atoms with Crippen molar-refractivity contribution >= 4 is 16.3 Å². The maximum atomic E-state index is 11.0. The highest BCUT2D eigenvalue weighted by atomic mass is 32.1. The summed E-state index contributed by atoms with van der Waals surface area (Å²) in [4.78, 5) is 10.8. The Labute approximate surface area is 180 Å². The third kappa shape index (κ3) is 4.15. The number of rotatable bonds is 8. The van der Waals surface area contributed by atoms with E-state index in [1.54, 1.807) is 4.52 Å². The molecule has 2 N–H and O–H groups in total. The summed E-state index contributed by atoms with van der Waals surface area (Å²) in [5.74, 6) is 1.74. The number of aryl methyl sites for hydroxylation is 1. The molecule has 1 fully saturated rings. The van der Waals surface area contributed by atoms with Crippen LogP contribution in [0.5, 0.6) is 11.6 Å². The van der Waals surface area contributed by atoms with Crippen LogP contribution >= 0.6 is 11.3 Å². The van der Waals surface area contributed by atoms with E-state index >= 15 is 0 Å². The van der Waals surface area contributed by atoms with Crippen molar-refractivity contribution in [2.24, 2.45) is 0 Å². The lowest BCUT2D eigenvalue weighted by Crippen LogP contribution is -2.48. The fourth-order valence-corrected chi connectivity index (χ4v) is 5.08. The molecule has 0 saturated carbocycles. The number of aromatic nitrogens is 3. The van der Waals surface area contributed by atoms with Gasteiger partial charge in [0, 0.05) is 39.1 Å². The molecule has 1 aromatic carbocycles. The van der Waals surface area contributed by atoms with Gasteiger partial charge in [-0.3, -0.25) is 9.80 Å². The van der Waals surface area contributed by atoms with Crippen LogP contribution in [0.15, 0.2) is 24.3 Å². The van der Waals surface area contributed by atoms with E-state index in [9.17, 15) is 10.2 Å². The number of ether oxygens (including phenoxy) is 1. The number of piperazine rings is 1. The second-order valence-corrected chi connectivity index (χ2v) is 8.38. The molecule has 0 amide bonds. The molecule has 0 unspecified atom stereocenters. The molecule has 1 aliphatic rings. The first kappa shape index (κ1) is 21.0. The Morgan fingerprint density at radius 1 is 1.13 bits per heavy atom. The summed E-state index contributed by atoms with van der Waals surface area (Å²) in [5.41, 5.74) is 1.10. The SMILES string of the molecule is CCOc1ccc([C@H](c2sc3nc(CC)nn3c2O)N2CCN(CCO)CC2)cc1. The first-order valence-corrected chi connectivity index (χ1v) is 11.3. The van der Waals surface area contributed by atoms with E-state index in [-0.39, 0.29) is 18.5 Å². The molecule has 1 aliphatic heterocycles. The summed E-state index contributed by atoms with van der Waals surface area (Å²) in [6.45, 7) is 8.96. The summed E-state index contributed by atoms with van der Waals surface area (Å²) in [6, 6.07) is 8.02. The zero-order valence-corrected chi connectivity index (χ0v) is 18.3. The maximum absolute atomic E-state index is 11.0. The molecule has 0 radical (unpaired) electrons. The minimum absolute atomic E-state index is 0.0875. The van der Waals surface area contributed by atoms with Crippen LogP contribution < -0.4 is 4.74 Å². The van der Waals surface area contributed by atoms with E-state index in [0.717, 1.165) is 54.6 Å². The van der Waals surface area contributed by atoms with Gasteiger partial charge in [0.15, 0.2) is 5.82 Å². The van der Waals surface area contributed by atoms with Gasteiger partial charge >= 0.3 is 0 Å². The number of hydrogen-bond donors (Lipinski definition) is 2. The molecule has 0 spiro atoms. The van der Waals surface area contributed by atoms with E-state index in [1.165, 1.54) is 11.3 Å². The molecule has 0 aliphatic carbocycles. The highest BCUT2D eigenvalue weighted by molar-refractivity contribution is 7.17. The average molecular weight is 432 g/mol. The van der Waals surface area contributed by atoms with Crippen LogP contribution in [0, 0.1) is 0 Å². The molecule has 3 heterocycles. The predicted molar refractivity (Wildman–Crippen MR) is 116 cm³/mol. The van der Waals surface area contributed by atoms with Crippen molar-refractivity contribution < 1.29 is 14.9 Å². The van der Waals surface area contributed by atoms with Crippen molar-refractivity contribution in [3.05, 3.63) is 40.5 Å². The summed E-state index contributed by atoms with van der Waals surface area (Å²) in [7, 11) is 0. The monoisotopic (exact) mass is 431 g/mol. The molecule has 1 saturated heterocycles. The first-order chi connectivity index (χ1) is 14.6. The maximum Gasteiger partial charge on any atom is 0.230 e. The fourth-order valence-electron chi connectivity index (χ4n) is 3.95. The quantitative estimate of drug-likeness (QED) is 0.565. The van der Waals surface area contributed by atoms with Gasteiger partial charge in [0.2, 0.25) is 10.8 Å². The Kier molecular flexibility index (Phi) is 6.52. The summed E-state index contributed by atoms with van der Waals surface area (Å²) >= 11 is 1.50. The van der Waals surface area contributed by atoms with Crippen molar-refractivity contribution in [3.8, 4) is 11.6 Å². The van der Waals surface area contributed by atoms with Gasteiger partial charge in [0.25, 0.3) is 0 Å². The van der Waals surface area contributed by atoms with Crippen molar-refractivity contribution in [2.45, 2.75) is 26.3 Å².